The Bertz CT molecular complexity index is 66.1. The Morgan fingerprint density at radius 1 is 1.33 bits per heavy atom. The van der Waals surface area contributed by atoms with Crippen LogP contribution in [0.4, 0.5) is 0 Å². The first kappa shape index (κ1) is 8.40. The zero-order valence-electron chi connectivity index (χ0n) is 5.89. The van der Waals surface area contributed by atoms with Gasteiger partial charge in [-0.2, -0.15) is 0 Å². The summed E-state index contributed by atoms with van der Waals surface area (Å²) in [5, 5.41) is 2.53. The van der Waals surface area contributed by atoms with E-state index in [-0.39, 0.29) is 0 Å². The molecule has 0 spiro atoms. The molecule has 0 aromatic carbocycles. The Labute approximate surface area is 55.8 Å². The van der Waals surface area contributed by atoms with Crippen molar-refractivity contribution in [3.63, 3.8) is 0 Å². The smallest absolute Gasteiger partial charge is 0.0496 e. The van der Waals surface area contributed by atoms with Gasteiger partial charge in [0.05, 0.1) is 0 Å². The molecule has 0 bridgehead atoms. The molecule has 0 rings (SSSR count). The second kappa shape index (κ2) is 7.40. The molecule has 0 saturated heterocycles. The third-order valence-electron chi connectivity index (χ3n) is 1.21. The Hall–Kier alpha value is -0.600. The maximum Gasteiger partial charge on any atom is 0.0496 e. The van der Waals surface area contributed by atoms with E-state index in [0.29, 0.717) is 0 Å². The third kappa shape index (κ3) is 7.40. The van der Waals surface area contributed by atoms with Crippen LogP contribution in [0, 0.1) is 4.91 Å². The molecule has 0 aliphatic heterocycles. The quantitative estimate of drug-likeness (QED) is 0.338. The largest absolute Gasteiger partial charge is 0.274 e. The summed E-state index contributed by atoms with van der Waals surface area (Å²) >= 11 is 0. The van der Waals surface area contributed by atoms with Gasteiger partial charge >= 0.3 is 0 Å². The summed E-state index contributed by atoms with van der Waals surface area (Å²) in [6.45, 7) is 2.88. The van der Waals surface area contributed by atoms with Gasteiger partial charge in [-0.05, 0) is 6.42 Å². The second-order valence-electron chi connectivity index (χ2n) is 2.06. The predicted molar refractivity (Wildman–Crippen MR) is 37.9 cm³/mol. The number of unbranched alkanes of at least 4 members (excludes halogenated alkanes) is 3. The number of nitrogens with one attached hydrogen (secondary N) is 1. The molecule has 0 aliphatic carbocycles. The van der Waals surface area contributed by atoms with Crippen molar-refractivity contribution in [1.29, 1.82) is 0 Å². The molecule has 1 N–H and O–H groups in total. The van der Waals surface area contributed by atoms with Crippen LogP contribution in [0.5, 0.6) is 0 Å². The molecule has 0 aromatic rings. The van der Waals surface area contributed by atoms with Crippen molar-refractivity contribution in [1.82, 2.24) is 5.43 Å². The fraction of sp³-hybridized carbons (Fsp3) is 1.00. The van der Waals surface area contributed by atoms with Gasteiger partial charge in [-0.3, -0.25) is 5.43 Å². The number of nitroso groups, excluding NO2 is 1. The molecular weight excluding hydrogens is 116 g/mol. The van der Waals surface area contributed by atoms with E-state index in [2.05, 4.69) is 17.6 Å². The molecule has 0 unspecified atom stereocenters. The van der Waals surface area contributed by atoms with E-state index in [1.54, 1.807) is 0 Å². The van der Waals surface area contributed by atoms with Crippen LogP contribution < -0.4 is 5.43 Å². The van der Waals surface area contributed by atoms with Crippen LogP contribution in [0.3, 0.4) is 0 Å². The zero-order chi connectivity index (χ0) is 6.95. The predicted octanol–water partition coefficient (Wildman–Crippen LogP) is 1.84. The monoisotopic (exact) mass is 130 g/mol. The maximum atomic E-state index is 9.48. The summed E-state index contributed by atoms with van der Waals surface area (Å²) in [5.74, 6) is 0. The summed E-state index contributed by atoms with van der Waals surface area (Å²) < 4.78 is 0. The second-order valence-corrected chi connectivity index (χ2v) is 2.06. The lowest BCUT2D eigenvalue weighted by Crippen LogP contribution is -2.05. The van der Waals surface area contributed by atoms with Crippen LogP contribution in [0.1, 0.15) is 32.6 Å². The highest BCUT2D eigenvalue weighted by molar-refractivity contribution is 4.42. The van der Waals surface area contributed by atoms with E-state index >= 15 is 0 Å². The molecule has 0 amide bonds. The van der Waals surface area contributed by atoms with Gasteiger partial charge in [0, 0.05) is 11.8 Å². The van der Waals surface area contributed by atoms with Crippen molar-refractivity contribution in [2.24, 2.45) is 5.29 Å². The Morgan fingerprint density at radius 3 is 2.67 bits per heavy atom. The summed E-state index contributed by atoms with van der Waals surface area (Å²) in [6.07, 6.45) is 4.73. The van der Waals surface area contributed by atoms with Crippen molar-refractivity contribution < 1.29 is 0 Å². The normalized spacial score (nSPS) is 9.00. The van der Waals surface area contributed by atoms with E-state index in [0.717, 1.165) is 13.0 Å². The number of hydrogen-bond donors (Lipinski definition) is 1. The molecule has 0 radical (unpaired) electrons. The molecule has 9 heavy (non-hydrogen) atoms. The minimum Gasteiger partial charge on any atom is -0.274 e. The van der Waals surface area contributed by atoms with Gasteiger partial charge in [-0.25, -0.2) is 0 Å². The fourth-order valence-electron chi connectivity index (χ4n) is 0.676. The molecule has 0 aliphatic rings. The van der Waals surface area contributed by atoms with E-state index < -0.39 is 0 Å². The molecule has 3 nitrogen and oxygen atoms in total. The lowest BCUT2D eigenvalue weighted by Gasteiger charge is -1.94. The number of hydrogen-bond acceptors (Lipinski definition) is 2. The van der Waals surface area contributed by atoms with Crippen LogP contribution in [0.2, 0.25) is 0 Å². The van der Waals surface area contributed by atoms with Crippen molar-refractivity contribution in [3.05, 3.63) is 4.91 Å². The van der Waals surface area contributed by atoms with Gasteiger partial charge in [0.2, 0.25) is 0 Å². The summed E-state index contributed by atoms with van der Waals surface area (Å²) in [4.78, 5) is 9.48. The average molecular weight is 130 g/mol. The van der Waals surface area contributed by atoms with Gasteiger partial charge in [0.25, 0.3) is 0 Å². The lowest BCUT2D eigenvalue weighted by atomic mass is 10.2. The van der Waals surface area contributed by atoms with Crippen LogP contribution in [-0.4, -0.2) is 6.54 Å². The van der Waals surface area contributed by atoms with Gasteiger partial charge in [-0.15, -0.1) is 4.91 Å². The zero-order valence-corrected chi connectivity index (χ0v) is 5.89. The van der Waals surface area contributed by atoms with E-state index in [9.17, 15) is 4.91 Å². The van der Waals surface area contributed by atoms with Crippen molar-refractivity contribution >= 4 is 0 Å². The SMILES string of the molecule is CCCCCCNN=O. The number of rotatable bonds is 6. The van der Waals surface area contributed by atoms with Crippen molar-refractivity contribution in [2.75, 3.05) is 6.54 Å². The molecule has 0 atom stereocenters. The van der Waals surface area contributed by atoms with Crippen molar-refractivity contribution in [3.8, 4) is 0 Å². The first-order valence-corrected chi connectivity index (χ1v) is 3.47. The Morgan fingerprint density at radius 2 is 2.11 bits per heavy atom. The molecule has 0 fully saturated rings. The van der Waals surface area contributed by atoms with E-state index in [1.807, 2.05) is 0 Å². The van der Waals surface area contributed by atoms with Gasteiger partial charge in [0.15, 0.2) is 0 Å². The Balaban J connectivity index is 2.66. The highest BCUT2D eigenvalue weighted by atomic mass is 16.3. The third-order valence-corrected chi connectivity index (χ3v) is 1.21. The fourth-order valence-corrected chi connectivity index (χ4v) is 0.676. The molecular formula is C6H14N2O. The highest BCUT2D eigenvalue weighted by Crippen LogP contribution is 1.96. The van der Waals surface area contributed by atoms with Gasteiger partial charge in [0.1, 0.15) is 0 Å². The molecule has 3 heteroatoms. The topological polar surface area (TPSA) is 41.5 Å². The number of nitrogens with zero attached hydrogens (tertiary/aromatic N) is 1. The summed E-state index contributed by atoms with van der Waals surface area (Å²) in [7, 11) is 0. The van der Waals surface area contributed by atoms with Crippen LogP contribution in [0.25, 0.3) is 0 Å². The standard InChI is InChI=1S/C6H14N2O/c1-2-3-4-5-6-7-8-9/h2-6H2,1H3,(H,7,9). The molecule has 0 heterocycles. The molecule has 54 valence electrons. The maximum absolute atomic E-state index is 9.48. The van der Waals surface area contributed by atoms with Gasteiger partial charge < -0.3 is 0 Å². The lowest BCUT2D eigenvalue weighted by molar-refractivity contribution is 0.612. The molecule has 0 saturated carbocycles. The van der Waals surface area contributed by atoms with E-state index in [1.165, 1.54) is 19.3 Å². The first-order chi connectivity index (χ1) is 4.41. The highest BCUT2D eigenvalue weighted by Gasteiger charge is 1.84. The van der Waals surface area contributed by atoms with Crippen LogP contribution >= 0.6 is 0 Å². The average Bonchev–Trinajstić information content (AvgIpc) is 1.89. The Kier molecular flexibility index (Phi) is 6.91. The summed E-state index contributed by atoms with van der Waals surface area (Å²) in [6, 6.07) is 0. The van der Waals surface area contributed by atoms with E-state index in [4.69, 9.17) is 0 Å². The first-order valence-electron chi connectivity index (χ1n) is 3.47. The van der Waals surface area contributed by atoms with Crippen molar-refractivity contribution in [2.45, 2.75) is 32.6 Å². The van der Waals surface area contributed by atoms with Crippen LogP contribution in [0.15, 0.2) is 5.29 Å². The summed E-state index contributed by atoms with van der Waals surface area (Å²) in [5.41, 5.74) is 2.38. The minimum absolute atomic E-state index is 0.726. The van der Waals surface area contributed by atoms with Crippen LogP contribution in [-0.2, 0) is 0 Å². The van der Waals surface area contributed by atoms with Gasteiger partial charge in [-0.1, -0.05) is 26.2 Å². The molecule has 0 aromatic heterocycles. The minimum atomic E-state index is 0.726.